The molecule has 1 aliphatic heterocycles. The fourth-order valence-corrected chi connectivity index (χ4v) is 4.62. The molecule has 0 aliphatic carbocycles. The van der Waals surface area contributed by atoms with Gasteiger partial charge in [0.05, 0.1) is 5.69 Å². The molecule has 7 heteroatoms. The second-order valence-corrected chi connectivity index (χ2v) is 8.36. The zero-order valence-electron chi connectivity index (χ0n) is 16.1. The average molecular weight is 404 g/mol. The van der Waals surface area contributed by atoms with Crippen molar-refractivity contribution in [3.8, 4) is 22.4 Å². The van der Waals surface area contributed by atoms with Crippen molar-refractivity contribution in [3.05, 3.63) is 58.7 Å². The van der Waals surface area contributed by atoms with Gasteiger partial charge in [-0.3, -0.25) is 4.79 Å². The first-order valence-corrected chi connectivity index (χ1v) is 10.5. The highest BCUT2D eigenvalue weighted by Gasteiger charge is 2.23. The summed E-state index contributed by atoms with van der Waals surface area (Å²) in [7, 11) is 0. The number of aromatic nitrogens is 3. The van der Waals surface area contributed by atoms with E-state index in [9.17, 15) is 4.79 Å². The second kappa shape index (κ2) is 7.42. The summed E-state index contributed by atoms with van der Waals surface area (Å²) < 4.78 is 0. The van der Waals surface area contributed by atoms with Crippen molar-refractivity contribution in [3.63, 3.8) is 0 Å². The molecule has 2 N–H and O–H groups in total. The van der Waals surface area contributed by atoms with Gasteiger partial charge in [-0.1, -0.05) is 30.3 Å². The first-order chi connectivity index (χ1) is 14.2. The minimum atomic E-state index is 0.0220. The monoisotopic (exact) mass is 403 g/mol. The number of benzene rings is 1. The number of nitrogens with one attached hydrogen (secondary N) is 2. The van der Waals surface area contributed by atoms with Crippen molar-refractivity contribution >= 4 is 28.3 Å². The summed E-state index contributed by atoms with van der Waals surface area (Å²) >= 11 is 1.47. The molecule has 1 saturated heterocycles. The number of nitrogens with zero attached hydrogens (tertiary/aromatic N) is 3. The molecule has 3 aromatic heterocycles. The number of piperazine rings is 1. The highest BCUT2D eigenvalue weighted by atomic mass is 32.1. The van der Waals surface area contributed by atoms with Crippen molar-refractivity contribution in [2.24, 2.45) is 0 Å². The second-order valence-electron chi connectivity index (χ2n) is 7.15. The molecule has 1 fully saturated rings. The Kier molecular flexibility index (Phi) is 4.61. The normalized spacial score (nSPS) is 14.4. The summed E-state index contributed by atoms with van der Waals surface area (Å²) in [5.74, 6) is 0.0220. The Hall–Kier alpha value is -3.03. The van der Waals surface area contributed by atoms with Crippen LogP contribution in [-0.2, 0) is 0 Å². The molecule has 0 bridgehead atoms. The van der Waals surface area contributed by atoms with E-state index in [1.807, 2.05) is 42.4 Å². The molecule has 4 aromatic rings. The molecule has 4 heterocycles. The lowest BCUT2D eigenvalue weighted by Gasteiger charge is -2.26. The van der Waals surface area contributed by atoms with E-state index < -0.39 is 0 Å². The topological polar surface area (TPSA) is 73.9 Å². The van der Waals surface area contributed by atoms with Crippen LogP contribution in [0, 0.1) is 6.92 Å². The van der Waals surface area contributed by atoms with Gasteiger partial charge in [-0.25, -0.2) is 9.97 Å². The van der Waals surface area contributed by atoms with Crippen LogP contribution in [0.3, 0.4) is 0 Å². The number of carbonyl (C=O) groups excluding carboxylic acids is 1. The first-order valence-electron chi connectivity index (χ1n) is 9.71. The van der Waals surface area contributed by atoms with Crippen LogP contribution in [0.25, 0.3) is 33.4 Å². The van der Waals surface area contributed by atoms with Gasteiger partial charge in [-0.2, -0.15) is 0 Å². The maximum absolute atomic E-state index is 12.9. The molecular weight excluding hydrogens is 382 g/mol. The molecule has 5 rings (SSSR count). The largest absolute Gasteiger partial charge is 0.345 e. The number of aryl methyl sites for hydroxylation is 1. The van der Waals surface area contributed by atoms with Crippen molar-refractivity contribution in [2.75, 3.05) is 26.2 Å². The predicted molar refractivity (Wildman–Crippen MR) is 116 cm³/mol. The molecule has 0 unspecified atom stereocenters. The van der Waals surface area contributed by atoms with Crippen LogP contribution in [0.2, 0.25) is 0 Å². The number of fused-ring (bicyclic) bond motifs is 1. The molecule has 0 atom stereocenters. The Labute approximate surface area is 172 Å². The lowest BCUT2D eigenvalue weighted by molar-refractivity contribution is 0.0735. The maximum Gasteiger partial charge on any atom is 0.282 e. The lowest BCUT2D eigenvalue weighted by atomic mass is 10.0. The third-order valence-electron chi connectivity index (χ3n) is 5.28. The Morgan fingerprint density at radius 3 is 2.72 bits per heavy atom. The maximum atomic E-state index is 12.9. The van der Waals surface area contributed by atoms with Gasteiger partial charge in [0.1, 0.15) is 5.65 Å². The van der Waals surface area contributed by atoms with Crippen LogP contribution in [0.4, 0.5) is 0 Å². The molecule has 1 aliphatic rings. The van der Waals surface area contributed by atoms with Crippen molar-refractivity contribution in [1.29, 1.82) is 0 Å². The van der Waals surface area contributed by atoms with Crippen LogP contribution in [0.5, 0.6) is 0 Å². The highest BCUT2D eigenvalue weighted by molar-refractivity contribution is 7.14. The smallest absolute Gasteiger partial charge is 0.282 e. The number of H-pyrrole nitrogens is 1. The highest BCUT2D eigenvalue weighted by Crippen LogP contribution is 2.34. The number of hydrogen-bond donors (Lipinski definition) is 2. The minimum Gasteiger partial charge on any atom is -0.345 e. The fraction of sp³-hybridized carbons (Fsp3) is 0.227. The summed E-state index contributed by atoms with van der Waals surface area (Å²) in [4.78, 5) is 28.3. The Morgan fingerprint density at radius 2 is 1.93 bits per heavy atom. The van der Waals surface area contributed by atoms with Gasteiger partial charge in [0.25, 0.3) is 5.91 Å². The lowest BCUT2D eigenvalue weighted by Crippen LogP contribution is -2.46. The molecule has 0 saturated carbocycles. The number of carbonyl (C=O) groups is 1. The number of aromatic amines is 1. The van der Waals surface area contributed by atoms with Crippen LogP contribution >= 0.6 is 11.3 Å². The van der Waals surface area contributed by atoms with E-state index in [0.29, 0.717) is 5.01 Å². The van der Waals surface area contributed by atoms with Crippen molar-refractivity contribution < 1.29 is 4.79 Å². The van der Waals surface area contributed by atoms with Crippen LogP contribution in [0.15, 0.2) is 48.8 Å². The molecule has 146 valence electrons. The van der Waals surface area contributed by atoms with Gasteiger partial charge in [0, 0.05) is 60.0 Å². The van der Waals surface area contributed by atoms with Gasteiger partial charge in [0.2, 0.25) is 0 Å². The summed E-state index contributed by atoms with van der Waals surface area (Å²) in [5, 5.41) is 4.85. The first kappa shape index (κ1) is 18.0. The van der Waals surface area contributed by atoms with Crippen LogP contribution in [0.1, 0.15) is 14.7 Å². The Morgan fingerprint density at radius 1 is 1.14 bits per heavy atom. The van der Waals surface area contributed by atoms with Gasteiger partial charge in [-0.05, 0) is 18.6 Å². The molecule has 1 amide bonds. The van der Waals surface area contributed by atoms with Gasteiger partial charge in [0.15, 0.2) is 5.01 Å². The summed E-state index contributed by atoms with van der Waals surface area (Å²) in [6.45, 7) is 5.14. The minimum absolute atomic E-state index is 0.0220. The number of pyridine rings is 1. The quantitative estimate of drug-likeness (QED) is 0.547. The molecule has 1 aromatic carbocycles. The van der Waals surface area contributed by atoms with Crippen molar-refractivity contribution in [2.45, 2.75) is 6.92 Å². The number of thiazole rings is 1. The van der Waals surface area contributed by atoms with Gasteiger partial charge >= 0.3 is 0 Å². The van der Waals surface area contributed by atoms with E-state index in [2.05, 4.69) is 33.5 Å². The average Bonchev–Trinajstić information content (AvgIpc) is 3.37. The summed E-state index contributed by atoms with van der Waals surface area (Å²) in [5.41, 5.74) is 4.84. The van der Waals surface area contributed by atoms with E-state index >= 15 is 0 Å². The molecule has 6 nitrogen and oxygen atoms in total. The van der Waals surface area contributed by atoms with Crippen LogP contribution < -0.4 is 5.32 Å². The van der Waals surface area contributed by atoms with E-state index in [4.69, 9.17) is 4.98 Å². The summed E-state index contributed by atoms with van der Waals surface area (Å²) in [6.07, 6.45) is 3.82. The third-order valence-corrected chi connectivity index (χ3v) is 6.24. The number of rotatable bonds is 3. The van der Waals surface area contributed by atoms with E-state index in [1.54, 1.807) is 0 Å². The molecule has 0 radical (unpaired) electrons. The predicted octanol–water partition coefficient (Wildman–Crippen LogP) is 3.71. The number of amides is 1. The van der Waals surface area contributed by atoms with E-state index in [1.165, 1.54) is 11.3 Å². The van der Waals surface area contributed by atoms with Crippen molar-refractivity contribution in [1.82, 2.24) is 25.2 Å². The molecule has 29 heavy (non-hydrogen) atoms. The molecular formula is C22H21N5OS. The SMILES string of the molecule is Cc1sc(C(=O)N2CCNCC2)nc1-c1c[nH]c2ncc(-c3ccccc3)cc12. The Bertz CT molecular complexity index is 1170. The van der Waals surface area contributed by atoms with Gasteiger partial charge in [-0.15, -0.1) is 11.3 Å². The standard InChI is InChI=1S/C22H21N5OS/c1-14-19(26-21(29-14)22(28)27-9-7-23-8-10-27)18-13-25-20-17(18)11-16(12-24-20)15-5-3-2-4-6-15/h2-6,11-13,23H,7-10H2,1H3,(H,24,25). The molecule has 0 spiro atoms. The van der Waals surface area contributed by atoms with Gasteiger partial charge < -0.3 is 15.2 Å². The number of hydrogen-bond acceptors (Lipinski definition) is 5. The van der Waals surface area contributed by atoms with E-state index in [0.717, 1.165) is 64.5 Å². The Balaban J connectivity index is 1.54. The third kappa shape index (κ3) is 3.32. The van der Waals surface area contributed by atoms with Crippen LogP contribution in [-0.4, -0.2) is 51.9 Å². The van der Waals surface area contributed by atoms with E-state index in [-0.39, 0.29) is 5.91 Å². The zero-order valence-corrected chi connectivity index (χ0v) is 16.9. The zero-order chi connectivity index (χ0) is 19.8. The summed E-state index contributed by atoms with van der Waals surface area (Å²) in [6, 6.07) is 12.3. The fourth-order valence-electron chi connectivity index (χ4n) is 3.73.